The highest BCUT2D eigenvalue weighted by atomic mass is 32.1. The zero-order valence-electron chi connectivity index (χ0n) is 13.9. The Kier molecular flexibility index (Phi) is 4.62. The van der Waals surface area contributed by atoms with Crippen LogP contribution in [-0.2, 0) is 6.54 Å². The van der Waals surface area contributed by atoms with E-state index in [0.29, 0.717) is 12.3 Å². The molecule has 0 saturated carbocycles. The Balaban J connectivity index is 1.48. The Hall–Kier alpha value is -3.18. The van der Waals surface area contributed by atoms with Crippen molar-refractivity contribution in [1.29, 1.82) is 0 Å². The zero-order chi connectivity index (χ0) is 17.8. The molecule has 1 amide bonds. The SMILES string of the molecule is O=C(NCc1ccccc1-c1ccsc1)c1cc(-c2ccccc2)on1. The van der Waals surface area contributed by atoms with E-state index < -0.39 is 0 Å². The van der Waals surface area contributed by atoms with Crippen LogP contribution in [0.4, 0.5) is 0 Å². The van der Waals surface area contributed by atoms with Crippen LogP contribution in [0, 0.1) is 0 Å². The van der Waals surface area contributed by atoms with Gasteiger partial charge in [-0.1, -0.05) is 59.8 Å². The summed E-state index contributed by atoms with van der Waals surface area (Å²) < 4.78 is 5.30. The largest absolute Gasteiger partial charge is 0.355 e. The third-order valence-corrected chi connectivity index (χ3v) is 4.77. The summed E-state index contributed by atoms with van der Waals surface area (Å²) in [5.74, 6) is 0.325. The fraction of sp³-hybridized carbons (Fsp3) is 0.0476. The van der Waals surface area contributed by atoms with Crippen LogP contribution in [0.2, 0.25) is 0 Å². The minimum Gasteiger partial charge on any atom is -0.355 e. The van der Waals surface area contributed by atoms with Crippen LogP contribution in [0.15, 0.2) is 82.0 Å². The number of aromatic nitrogens is 1. The Morgan fingerprint density at radius 3 is 2.62 bits per heavy atom. The van der Waals surface area contributed by atoms with E-state index in [0.717, 1.165) is 22.3 Å². The second-order valence-electron chi connectivity index (χ2n) is 5.79. The number of hydrogen-bond acceptors (Lipinski definition) is 4. The number of carbonyl (C=O) groups excluding carboxylic acids is 1. The first-order valence-corrected chi connectivity index (χ1v) is 9.16. The minimum absolute atomic E-state index is 0.254. The molecular formula is C21H16N2O2S. The van der Waals surface area contributed by atoms with Crippen molar-refractivity contribution in [3.8, 4) is 22.5 Å². The second kappa shape index (κ2) is 7.37. The quantitative estimate of drug-likeness (QED) is 0.545. The van der Waals surface area contributed by atoms with Crippen molar-refractivity contribution in [2.24, 2.45) is 0 Å². The maximum Gasteiger partial charge on any atom is 0.273 e. The maximum atomic E-state index is 12.4. The first kappa shape index (κ1) is 16.3. The fourth-order valence-electron chi connectivity index (χ4n) is 2.76. The van der Waals surface area contributed by atoms with Crippen molar-refractivity contribution in [3.05, 3.63) is 88.7 Å². The standard InChI is InChI=1S/C21H16N2O2S/c24-21(19-12-20(25-23-19)15-6-2-1-3-7-15)22-13-16-8-4-5-9-18(16)17-10-11-26-14-17/h1-12,14H,13H2,(H,22,24). The molecule has 128 valence electrons. The van der Waals surface area contributed by atoms with Crippen LogP contribution in [0.3, 0.4) is 0 Å². The van der Waals surface area contributed by atoms with Gasteiger partial charge in [-0.05, 0) is 33.5 Å². The first-order valence-electron chi connectivity index (χ1n) is 8.22. The summed E-state index contributed by atoms with van der Waals surface area (Å²) in [5.41, 5.74) is 4.51. The molecule has 2 aromatic heterocycles. The van der Waals surface area contributed by atoms with E-state index in [1.807, 2.05) is 53.9 Å². The molecule has 4 nitrogen and oxygen atoms in total. The molecule has 0 unspecified atom stereocenters. The summed E-state index contributed by atoms with van der Waals surface area (Å²) in [6.07, 6.45) is 0. The van der Waals surface area contributed by atoms with Gasteiger partial charge < -0.3 is 9.84 Å². The first-order chi connectivity index (χ1) is 12.8. The molecule has 1 N–H and O–H groups in total. The van der Waals surface area contributed by atoms with Crippen LogP contribution in [0.1, 0.15) is 16.1 Å². The molecule has 0 aliphatic rings. The molecule has 0 fully saturated rings. The van der Waals surface area contributed by atoms with Gasteiger partial charge in [0.2, 0.25) is 0 Å². The van der Waals surface area contributed by atoms with Crippen molar-refractivity contribution >= 4 is 17.2 Å². The van der Waals surface area contributed by atoms with E-state index in [1.54, 1.807) is 17.4 Å². The molecule has 0 aliphatic heterocycles. The van der Waals surface area contributed by atoms with Crippen molar-refractivity contribution in [2.75, 3.05) is 0 Å². The number of thiophene rings is 1. The summed E-state index contributed by atoms with van der Waals surface area (Å²) >= 11 is 1.66. The molecule has 0 spiro atoms. The van der Waals surface area contributed by atoms with Crippen LogP contribution in [0.25, 0.3) is 22.5 Å². The fourth-order valence-corrected chi connectivity index (χ4v) is 3.42. The smallest absolute Gasteiger partial charge is 0.273 e. The van der Waals surface area contributed by atoms with E-state index in [-0.39, 0.29) is 11.6 Å². The lowest BCUT2D eigenvalue weighted by Crippen LogP contribution is -2.23. The van der Waals surface area contributed by atoms with Gasteiger partial charge in [-0.2, -0.15) is 11.3 Å². The number of amides is 1. The second-order valence-corrected chi connectivity index (χ2v) is 6.57. The Morgan fingerprint density at radius 1 is 1.00 bits per heavy atom. The Morgan fingerprint density at radius 2 is 1.81 bits per heavy atom. The van der Waals surface area contributed by atoms with Gasteiger partial charge in [0.15, 0.2) is 11.5 Å². The number of rotatable bonds is 5. The van der Waals surface area contributed by atoms with Gasteiger partial charge >= 0.3 is 0 Å². The van der Waals surface area contributed by atoms with Crippen molar-refractivity contribution in [3.63, 3.8) is 0 Å². The number of benzene rings is 2. The molecule has 2 heterocycles. The summed E-state index contributed by atoms with van der Waals surface area (Å²) in [6, 6.07) is 21.4. The maximum absolute atomic E-state index is 12.4. The highest BCUT2D eigenvalue weighted by molar-refractivity contribution is 7.08. The topological polar surface area (TPSA) is 55.1 Å². The third kappa shape index (κ3) is 3.43. The molecular weight excluding hydrogens is 344 g/mol. The van der Waals surface area contributed by atoms with Gasteiger partial charge in [0.05, 0.1) is 0 Å². The van der Waals surface area contributed by atoms with Gasteiger partial charge in [0.25, 0.3) is 5.91 Å². The third-order valence-electron chi connectivity index (χ3n) is 4.09. The van der Waals surface area contributed by atoms with Gasteiger partial charge in [-0.3, -0.25) is 4.79 Å². The van der Waals surface area contributed by atoms with Crippen LogP contribution in [0.5, 0.6) is 0 Å². The van der Waals surface area contributed by atoms with Crippen LogP contribution >= 0.6 is 11.3 Å². The molecule has 0 saturated heterocycles. The summed E-state index contributed by atoms with van der Waals surface area (Å²) in [7, 11) is 0. The molecule has 0 aliphatic carbocycles. The van der Waals surface area contributed by atoms with Crippen molar-refractivity contribution < 1.29 is 9.32 Å². The highest BCUT2D eigenvalue weighted by Gasteiger charge is 2.14. The molecule has 4 aromatic rings. The highest BCUT2D eigenvalue weighted by Crippen LogP contribution is 2.26. The lowest BCUT2D eigenvalue weighted by molar-refractivity contribution is 0.0942. The molecule has 26 heavy (non-hydrogen) atoms. The van der Waals surface area contributed by atoms with Crippen LogP contribution < -0.4 is 5.32 Å². The predicted octanol–water partition coefficient (Wildman–Crippen LogP) is 5.00. The summed E-state index contributed by atoms with van der Waals surface area (Å²) in [6.45, 7) is 0.429. The molecule has 0 radical (unpaired) electrons. The minimum atomic E-state index is -0.254. The van der Waals surface area contributed by atoms with Gasteiger partial charge in [0.1, 0.15) is 0 Å². The molecule has 0 bridgehead atoms. The number of nitrogens with one attached hydrogen (secondary N) is 1. The van der Waals surface area contributed by atoms with E-state index in [1.165, 1.54) is 0 Å². The van der Waals surface area contributed by atoms with Crippen LogP contribution in [-0.4, -0.2) is 11.1 Å². The predicted molar refractivity (Wildman–Crippen MR) is 103 cm³/mol. The van der Waals surface area contributed by atoms with E-state index in [2.05, 4.69) is 28.0 Å². The van der Waals surface area contributed by atoms with E-state index in [4.69, 9.17) is 4.52 Å². The van der Waals surface area contributed by atoms with E-state index >= 15 is 0 Å². The van der Waals surface area contributed by atoms with Gasteiger partial charge in [0, 0.05) is 18.2 Å². The van der Waals surface area contributed by atoms with Gasteiger partial charge in [-0.15, -0.1) is 0 Å². The zero-order valence-corrected chi connectivity index (χ0v) is 14.7. The molecule has 0 atom stereocenters. The monoisotopic (exact) mass is 360 g/mol. The molecule has 4 rings (SSSR count). The van der Waals surface area contributed by atoms with Crippen molar-refractivity contribution in [2.45, 2.75) is 6.54 Å². The Bertz CT molecular complexity index is 1010. The average molecular weight is 360 g/mol. The number of nitrogens with zero attached hydrogens (tertiary/aromatic N) is 1. The van der Waals surface area contributed by atoms with Crippen molar-refractivity contribution in [1.82, 2.24) is 10.5 Å². The normalized spacial score (nSPS) is 10.6. The molecule has 5 heteroatoms. The number of carbonyl (C=O) groups is 1. The number of hydrogen-bond donors (Lipinski definition) is 1. The molecule has 2 aromatic carbocycles. The van der Waals surface area contributed by atoms with Gasteiger partial charge in [-0.25, -0.2) is 0 Å². The Labute approximate surface area is 155 Å². The lowest BCUT2D eigenvalue weighted by atomic mass is 10.0. The summed E-state index contributed by atoms with van der Waals surface area (Å²) in [4.78, 5) is 12.4. The van der Waals surface area contributed by atoms with E-state index in [9.17, 15) is 4.79 Å². The lowest BCUT2D eigenvalue weighted by Gasteiger charge is -2.08. The summed E-state index contributed by atoms with van der Waals surface area (Å²) in [5, 5.41) is 11.0. The average Bonchev–Trinajstić information content (AvgIpc) is 3.39.